The minimum absolute atomic E-state index is 0.0194. The molecule has 0 aliphatic carbocycles. The van der Waals surface area contributed by atoms with Gasteiger partial charge in [-0.2, -0.15) is 13.2 Å². The highest BCUT2D eigenvalue weighted by atomic mass is 19.4. The maximum absolute atomic E-state index is 13.2. The number of unbranched alkanes of at least 4 members (excludes halogenated alkanes) is 2. The number of nitrogens with zero attached hydrogens (tertiary/aromatic N) is 2. The summed E-state index contributed by atoms with van der Waals surface area (Å²) in [5.74, 6) is -6.74. The van der Waals surface area contributed by atoms with E-state index in [2.05, 4.69) is 15.4 Å². The van der Waals surface area contributed by atoms with Gasteiger partial charge in [0.15, 0.2) is 0 Å². The molecule has 1 aliphatic heterocycles. The molecule has 1 aromatic rings. The summed E-state index contributed by atoms with van der Waals surface area (Å²) in [6, 6.07) is 4.57. The van der Waals surface area contributed by atoms with Crippen molar-refractivity contribution in [3.8, 4) is 0 Å². The van der Waals surface area contributed by atoms with Crippen LogP contribution in [0.15, 0.2) is 24.3 Å². The third kappa shape index (κ3) is 11.3. The van der Waals surface area contributed by atoms with Gasteiger partial charge in [0.25, 0.3) is 5.91 Å². The molecule has 44 heavy (non-hydrogen) atoms. The fourth-order valence-corrected chi connectivity index (χ4v) is 4.30. The van der Waals surface area contributed by atoms with Gasteiger partial charge in [0, 0.05) is 37.2 Å². The average Bonchev–Trinajstić information content (AvgIpc) is 2.97. The second-order valence-corrected chi connectivity index (χ2v) is 9.89. The maximum Gasteiger partial charge on any atom is 0.491 e. The van der Waals surface area contributed by atoms with Gasteiger partial charge in [0.2, 0.25) is 17.7 Å². The Morgan fingerprint density at radius 1 is 0.977 bits per heavy atom. The second kappa shape index (κ2) is 16.9. The maximum atomic E-state index is 13.2. The molecule has 0 radical (unpaired) electrons. The molecule has 1 aromatic carbocycles. The molecule has 0 saturated carbocycles. The third-order valence-electron chi connectivity index (χ3n) is 6.60. The van der Waals surface area contributed by atoms with Crippen molar-refractivity contribution in [2.45, 2.75) is 50.7 Å². The van der Waals surface area contributed by atoms with Crippen LogP contribution in [0.25, 0.3) is 0 Å². The predicted octanol–water partition coefficient (Wildman–Crippen LogP) is -0.213. The number of esters is 2. The summed E-state index contributed by atoms with van der Waals surface area (Å²) >= 11 is 0. The minimum Gasteiger partial charge on any atom is -0.385 e. The summed E-state index contributed by atoms with van der Waals surface area (Å²) in [6.07, 6.45) is -2.62. The lowest BCUT2D eigenvalue weighted by molar-refractivity contribution is -0.202. The molecule has 7 N–H and O–H groups in total. The van der Waals surface area contributed by atoms with E-state index in [0.717, 1.165) is 17.7 Å². The number of carbonyl (C=O) groups excluding carboxylic acids is 6. The van der Waals surface area contributed by atoms with Crippen LogP contribution in [0.4, 0.5) is 13.2 Å². The number of halogens is 3. The van der Waals surface area contributed by atoms with Gasteiger partial charge in [-0.15, -0.1) is 0 Å². The molecule has 1 heterocycles. The summed E-state index contributed by atoms with van der Waals surface area (Å²) in [5, 5.41) is 12.6. The number of carbonyl (C=O) groups is 6. The first-order valence-corrected chi connectivity index (χ1v) is 13.8. The molecule has 4 amide bonds. The number of piperazine rings is 1. The molecule has 1 aliphatic rings. The van der Waals surface area contributed by atoms with E-state index in [0.29, 0.717) is 18.5 Å². The van der Waals surface area contributed by atoms with Gasteiger partial charge in [-0.05, 0) is 44.4 Å². The summed E-state index contributed by atoms with van der Waals surface area (Å²) in [6.45, 7) is -1.15. The van der Waals surface area contributed by atoms with Crippen LogP contribution in [0.2, 0.25) is 0 Å². The largest absolute Gasteiger partial charge is 0.491 e. The first-order valence-electron chi connectivity index (χ1n) is 13.8. The highest BCUT2D eigenvalue weighted by Crippen LogP contribution is 2.19. The Kier molecular flexibility index (Phi) is 13.7. The summed E-state index contributed by atoms with van der Waals surface area (Å²) in [4.78, 5) is 75.9. The van der Waals surface area contributed by atoms with Crippen molar-refractivity contribution in [1.29, 1.82) is 5.41 Å². The molecule has 1 atom stereocenters. The first kappa shape index (κ1) is 35.7. The second-order valence-electron chi connectivity index (χ2n) is 9.89. The predicted molar refractivity (Wildman–Crippen MR) is 149 cm³/mol. The van der Waals surface area contributed by atoms with Gasteiger partial charge in [-0.1, -0.05) is 18.6 Å². The Balaban J connectivity index is 2.03. The zero-order chi connectivity index (χ0) is 32.9. The van der Waals surface area contributed by atoms with Crippen LogP contribution >= 0.6 is 0 Å². The standard InChI is InChI=1S/C27H36F3N7O7/c28-27(29,30)26(43)44-22(40)16-36-13-14-37(19(25(36)42)5-4-12-34-20(38)6-2-1-3-11-31)21(39)15-35-24(41)18-9-7-17(8-10-18)23(32)33/h7-10,19H,1-6,11-16,31H2,(H3,32,33)(H,34,38)(H,35,41). The number of alkyl halides is 3. The van der Waals surface area contributed by atoms with Crippen LogP contribution in [0, 0.1) is 5.41 Å². The Morgan fingerprint density at radius 3 is 2.25 bits per heavy atom. The van der Waals surface area contributed by atoms with Gasteiger partial charge in [0.1, 0.15) is 18.4 Å². The first-order chi connectivity index (χ1) is 20.7. The Hall–Kier alpha value is -4.54. The van der Waals surface area contributed by atoms with E-state index in [4.69, 9.17) is 16.9 Å². The van der Waals surface area contributed by atoms with E-state index in [1.807, 2.05) is 0 Å². The van der Waals surface area contributed by atoms with Crippen LogP contribution < -0.4 is 22.1 Å². The van der Waals surface area contributed by atoms with Crippen molar-refractivity contribution in [3.05, 3.63) is 35.4 Å². The molecule has 0 aromatic heterocycles. The normalized spacial score (nSPS) is 15.0. The fourth-order valence-electron chi connectivity index (χ4n) is 4.30. The summed E-state index contributed by atoms with van der Waals surface area (Å²) < 4.78 is 41.1. The number of rotatable bonds is 15. The molecule has 0 bridgehead atoms. The van der Waals surface area contributed by atoms with Gasteiger partial charge in [0.05, 0.1) is 6.54 Å². The number of nitrogens with two attached hydrogens (primary N) is 2. The highest BCUT2D eigenvalue weighted by Gasteiger charge is 2.43. The van der Waals surface area contributed by atoms with E-state index in [-0.39, 0.29) is 56.2 Å². The molecule has 17 heteroatoms. The number of nitrogen functional groups attached to an aromatic ring is 1. The van der Waals surface area contributed by atoms with Crippen LogP contribution in [0.3, 0.4) is 0 Å². The van der Waals surface area contributed by atoms with E-state index in [9.17, 15) is 41.9 Å². The lowest BCUT2D eigenvalue weighted by Gasteiger charge is -2.40. The summed E-state index contributed by atoms with van der Waals surface area (Å²) in [7, 11) is 0. The molecular weight excluding hydrogens is 591 g/mol. The third-order valence-corrected chi connectivity index (χ3v) is 6.60. The number of hydrogen-bond donors (Lipinski definition) is 5. The lowest BCUT2D eigenvalue weighted by Crippen LogP contribution is -2.61. The molecule has 1 fully saturated rings. The highest BCUT2D eigenvalue weighted by molar-refractivity contribution is 6.00. The van der Waals surface area contributed by atoms with Crippen molar-refractivity contribution in [2.75, 3.05) is 39.3 Å². The van der Waals surface area contributed by atoms with E-state index >= 15 is 0 Å². The van der Waals surface area contributed by atoms with E-state index in [1.54, 1.807) is 0 Å². The minimum atomic E-state index is -5.40. The topological polar surface area (TPSA) is 218 Å². The molecular formula is C27H36F3N7O7. The zero-order valence-corrected chi connectivity index (χ0v) is 23.9. The molecule has 14 nitrogen and oxygen atoms in total. The lowest BCUT2D eigenvalue weighted by atomic mass is 10.0. The fraction of sp³-hybridized carbons (Fsp3) is 0.519. The SMILES string of the molecule is N=C(N)c1ccc(C(=O)NCC(=O)N2CCN(CC(=O)OC(=O)C(F)(F)F)C(=O)C2CCCNC(=O)CCCCCN)cc1. The monoisotopic (exact) mass is 627 g/mol. The molecule has 1 saturated heterocycles. The van der Waals surface area contributed by atoms with Crippen LogP contribution in [0.5, 0.6) is 0 Å². The van der Waals surface area contributed by atoms with Crippen LogP contribution in [-0.2, 0) is 28.7 Å². The smallest absolute Gasteiger partial charge is 0.385 e. The van der Waals surface area contributed by atoms with Gasteiger partial charge >= 0.3 is 18.1 Å². The molecule has 2 rings (SSSR count). The Morgan fingerprint density at radius 2 is 1.64 bits per heavy atom. The van der Waals surface area contributed by atoms with Crippen LogP contribution in [0.1, 0.15) is 54.4 Å². The van der Waals surface area contributed by atoms with Gasteiger partial charge in [-0.3, -0.25) is 24.6 Å². The van der Waals surface area contributed by atoms with Gasteiger partial charge < -0.3 is 36.6 Å². The Bertz CT molecular complexity index is 1230. The number of hydrogen-bond acceptors (Lipinski definition) is 9. The van der Waals surface area contributed by atoms with Crippen molar-refractivity contribution in [2.24, 2.45) is 11.5 Å². The van der Waals surface area contributed by atoms with Crippen molar-refractivity contribution >= 4 is 41.4 Å². The average molecular weight is 628 g/mol. The van der Waals surface area contributed by atoms with Crippen molar-refractivity contribution in [1.82, 2.24) is 20.4 Å². The molecule has 1 unspecified atom stereocenters. The number of nitrogens with one attached hydrogen (secondary N) is 3. The number of amidine groups is 1. The Labute approximate surface area is 251 Å². The van der Waals surface area contributed by atoms with E-state index in [1.165, 1.54) is 29.2 Å². The quantitative estimate of drug-likeness (QED) is 0.0570. The van der Waals surface area contributed by atoms with Crippen LogP contribution in [-0.4, -0.2) is 103 Å². The molecule has 242 valence electrons. The number of ether oxygens (including phenoxy) is 1. The number of benzene rings is 1. The molecule has 0 spiro atoms. The van der Waals surface area contributed by atoms with Crippen molar-refractivity contribution in [3.63, 3.8) is 0 Å². The van der Waals surface area contributed by atoms with Gasteiger partial charge in [-0.25, -0.2) is 9.59 Å². The summed E-state index contributed by atoms with van der Waals surface area (Å²) in [5.41, 5.74) is 11.4. The zero-order valence-electron chi connectivity index (χ0n) is 23.9. The van der Waals surface area contributed by atoms with Crippen molar-refractivity contribution < 1.29 is 46.7 Å². The van der Waals surface area contributed by atoms with E-state index < -0.39 is 55.0 Å². The number of amides is 4.